The van der Waals surface area contributed by atoms with Crippen molar-refractivity contribution in [2.75, 3.05) is 39.4 Å². The van der Waals surface area contributed by atoms with Crippen molar-refractivity contribution in [3.63, 3.8) is 0 Å². The number of urea groups is 1. The van der Waals surface area contributed by atoms with Crippen molar-refractivity contribution in [2.24, 2.45) is 0 Å². The van der Waals surface area contributed by atoms with Gasteiger partial charge in [-0.25, -0.2) is 4.79 Å². The van der Waals surface area contributed by atoms with E-state index in [1.807, 2.05) is 4.90 Å². The second-order valence-corrected chi connectivity index (χ2v) is 4.83. The molecule has 0 saturated carbocycles. The Morgan fingerprint density at radius 3 is 2.38 bits per heavy atom. The molecule has 90 valence electrons. The Morgan fingerprint density at radius 2 is 1.75 bits per heavy atom. The van der Waals surface area contributed by atoms with Crippen LogP contribution in [0.4, 0.5) is 4.79 Å². The summed E-state index contributed by atoms with van der Waals surface area (Å²) in [5.41, 5.74) is 0. The van der Waals surface area contributed by atoms with E-state index in [4.69, 9.17) is 4.74 Å². The third kappa shape index (κ3) is 1.68. The molecule has 2 amide bonds. The Morgan fingerprint density at radius 1 is 1.12 bits per heavy atom. The molecule has 5 nitrogen and oxygen atoms in total. The van der Waals surface area contributed by atoms with Gasteiger partial charge in [-0.2, -0.15) is 0 Å². The number of rotatable bonds is 0. The van der Waals surface area contributed by atoms with Gasteiger partial charge >= 0.3 is 6.03 Å². The van der Waals surface area contributed by atoms with Gasteiger partial charge in [0.1, 0.15) is 0 Å². The fourth-order valence-electron chi connectivity index (χ4n) is 3.01. The SMILES string of the molecule is O=C(N1CCOCC1)N1C2CCC1CNC2. The molecule has 3 rings (SSSR count). The highest BCUT2D eigenvalue weighted by molar-refractivity contribution is 5.76. The first kappa shape index (κ1) is 10.4. The molecular weight excluding hydrogens is 206 g/mol. The van der Waals surface area contributed by atoms with Crippen LogP contribution in [0.3, 0.4) is 0 Å². The van der Waals surface area contributed by atoms with Gasteiger partial charge in [-0.15, -0.1) is 0 Å². The van der Waals surface area contributed by atoms with Crippen LogP contribution in [0.2, 0.25) is 0 Å². The van der Waals surface area contributed by atoms with Crippen molar-refractivity contribution in [1.82, 2.24) is 15.1 Å². The van der Waals surface area contributed by atoms with Gasteiger partial charge in [-0.05, 0) is 12.8 Å². The standard InChI is InChI=1S/C11H19N3O2/c15-11(13-3-5-16-6-4-13)14-9-1-2-10(14)8-12-7-9/h9-10,12H,1-8H2. The quantitative estimate of drug-likeness (QED) is 0.625. The van der Waals surface area contributed by atoms with E-state index in [1.54, 1.807) is 0 Å². The zero-order chi connectivity index (χ0) is 11.0. The van der Waals surface area contributed by atoms with Gasteiger partial charge in [-0.1, -0.05) is 0 Å². The van der Waals surface area contributed by atoms with Crippen LogP contribution in [-0.2, 0) is 4.74 Å². The zero-order valence-electron chi connectivity index (χ0n) is 9.52. The Labute approximate surface area is 95.7 Å². The van der Waals surface area contributed by atoms with E-state index in [-0.39, 0.29) is 6.03 Å². The summed E-state index contributed by atoms with van der Waals surface area (Å²) in [5.74, 6) is 0. The first-order chi connectivity index (χ1) is 7.86. The number of ether oxygens (including phenoxy) is 1. The Hall–Kier alpha value is -0.810. The summed E-state index contributed by atoms with van der Waals surface area (Å²) < 4.78 is 5.28. The fourth-order valence-corrected chi connectivity index (χ4v) is 3.01. The first-order valence-corrected chi connectivity index (χ1v) is 6.22. The largest absolute Gasteiger partial charge is 0.378 e. The maximum atomic E-state index is 12.4. The molecule has 5 heteroatoms. The zero-order valence-corrected chi connectivity index (χ0v) is 9.52. The van der Waals surface area contributed by atoms with Crippen LogP contribution in [0.1, 0.15) is 12.8 Å². The van der Waals surface area contributed by atoms with Crippen LogP contribution >= 0.6 is 0 Å². The van der Waals surface area contributed by atoms with E-state index in [9.17, 15) is 4.79 Å². The number of fused-ring (bicyclic) bond motifs is 2. The maximum Gasteiger partial charge on any atom is 0.320 e. The van der Waals surface area contributed by atoms with Crippen molar-refractivity contribution >= 4 is 6.03 Å². The monoisotopic (exact) mass is 225 g/mol. The van der Waals surface area contributed by atoms with Crippen LogP contribution < -0.4 is 5.32 Å². The van der Waals surface area contributed by atoms with Crippen LogP contribution in [0.5, 0.6) is 0 Å². The van der Waals surface area contributed by atoms with E-state index in [2.05, 4.69) is 10.2 Å². The third-order valence-corrected chi connectivity index (χ3v) is 3.88. The molecule has 3 aliphatic heterocycles. The van der Waals surface area contributed by atoms with Gasteiger partial charge < -0.3 is 19.9 Å². The second-order valence-electron chi connectivity index (χ2n) is 4.83. The summed E-state index contributed by atoms with van der Waals surface area (Å²) in [4.78, 5) is 16.4. The minimum atomic E-state index is 0.234. The molecule has 0 aromatic heterocycles. The lowest BCUT2D eigenvalue weighted by Crippen LogP contribution is -2.59. The number of amides is 2. The topological polar surface area (TPSA) is 44.8 Å². The predicted molar refractivity (Wildman–Crippen MR) is 59.3 cm³/mol. The van der Waals surface area contributed by atoms with Crippen LogP contribution in [-0.4, -0.2) is 67.3 Å². The molecular formula is C11H19N3O2. The molecule has 2 unspecified atom stereocenters. The van der Waals surface area contributed by atoms with E-state index in [0.29, 0.717) is 25.3 Å². The van der Waals surface area contributed by atoms with E-state index >= 15 is 0 Å². The average Bonchev–Trinajstić information content (AvgIpc) is 2.59. The Balaban J connectivity index is 1.69. The van der Waals surface area contributed by atoms with Gasteiger partial charge in [0.2, 0.25) is 0 Å². The van der Waals surface area contributed by atoms with Gasteiger partial charge in [0, 0.05) is 38.3 Å². The van der Waals surface area contributed by atoms with Crippen molar-refractivity contribution < 1.29 is 9.53 Å². The smallest absolute Gasteiger partial charge is 0.320 e. The second kappa shape index (κ2) is 4.22. The molecule has 3 fully saturated rings. The highest BCUT2D eigenvalue weighted by Crippen LogP contribution is 2.27. The van der Waals surface area contributed by atoms with Crippen molar-refractivity contribution in [1.29, 1.82) is 0 Å². The van der Waals surface area contributed by atoms with Gasteiger partial charge in [-0.3, -0.25) is 0 Å². The van der Waals surface area contributed by atoms with E-state index < -0.39 is 0 Å². The summed E-state index contributed by atoms with van der Waals surface area (Å²) in [5, 5.41) is 3.40. The molecule has 16 heavy (non-hydrogen) atoms. The molecule has 0 spiro atoms. The summed E-state index contributed by atoms with van der Waals surface area (Å²) in [6.45, 7) is 4.81. The average molecular weight is 225 g/mol. The molecule has 3 heterocycles. The Kier molecular flexibility index (Phi) is 2.73. The van der Waals surface area contributed by atoms with Crippen molar-refractivity contribution in [3.8, 4) is 0 Å². The predicted octanol–water partition coefficient (Wildman–Crippen LogP) is -0.125. The number of carbonyl (C=O) groups is 1. The molecule has 2 atom stereocenters. The van der Waals surface area contributed by atoms with E-state index in [1.165, 1.54) is 0 Å². The van der Waals surface area contributed by atoms with Crippen molar-refractivity contribution in [2.45, 2.75) is 24.9 Å². The lowest BCUT2D eigenvalue weighted by molar-refractivity contribution is 0.0359. The molecule has 0 aliphatic carbocycles. The lowest BCUT2D eigenvalue weighted by Gasteiger charge is -2.39. The lowest BCUT2D eigenvalue weighted by atomic mass is 10.2. The summed E-state index contributed by atoms with van der Waals surface area (Å²) in [7, 11) is 0. The van der Waals surface area contributed by atoms with Crippen LogP contribution in [0.25, 0.3) is 0 Å². The summed E-state index contributed by atoms with van der Waals surface area (Å²) >= 11 is 0. The molecule has 2 bridgehead atoms. The van der Waals surface area contributed by atoms with Gasteiger partial charge in [0.25, 0.3) is 0 Å². The molecule has 0 aromatic rings. The summed E-state index contributed by atoms with van der Waals surface area (Å²) in [6.07, 6.45) is 2.32. The first-order valence-electron chi connectivity index (χ1n) is 6.22. The highest BCUT2D eigenvalue weighted by Gasteiger charge is 2.41. The number of hydrogen-bond donors (Lipinski definition) is 1. The number of piperazine rings is 1. The third-order valence-electron chi connectivity index (χ3n) is 3.88. The minimum Gasteiger partial charge on any atom is -0.378 e. The highest BCUT2D eigenvalue weighted by atomic mass is 16.5. The minimum absolute atomic E-state index is 0.234. The molecule has 1 N–H and O–H groups in total. The number of nitrogens with one attached hydrogen (secondary N) is 1. The number of morpholine rings is 1. The molecule has 3 saturated heterocycles. The number of carbonyl (C=O) groups excluding carboxylic acids is 1. The molecule has 0 radical (unpaired) electrons. The van der Waals surface area contributed by atoms with Crippen LogP contribution in [0, 0.1) is 0 Å². The normalized spacial score (nSPS) is 34.2. The van der Waals surface area contributed by atoms with Crippen molar-refractivity contribution in [3.05, 3.63) is 0 Å². The maximum absolute atomic E-state index is 12.4. The Bertz CT molecular complexity index is 262. The number of nitrogens with zero attached hydrogens (tertiary/aromatic N) is 2. The molecule has 0 aromatic carbocycles. The van der Waals surface area contributed by atoms with Gasteiger partial charge in [0.15, 0.2) is 0 Å². The number of hydrogen-bond acceptors (Lipinski definition) is 3. The van der Waals surface area contributed by atoms with Crippen LogP contribution in [0.15, 0.2) is 0 Å². The van der Waals surface area contributed by atoms with E-state index in [0.717, 1.165) is 39.0 Å². The fraction of sp³-hybridized carbons (Fsp3) is 0.909. The summed E-state index contributed by atoms with van der Waals surface area (Å²) in [6, 6.07) is 1.08. The molecule has 3 aliphatic rings. The van der Waals surface area contributed by atoms with Gasteiger partial charge in [0.05, 0.1) is 13.2 Å².